The molecule has 3 unspecified atom stereocenters. The summed E-state index contributed by atoms with van der Waals surface area (Å²) >= 11 is 0. The van der Waals surface area contributed by atoms with Crippen LogP contribution in [0.3, 0.4) is 0 Å². The highest BCUT2D eigenvalue weighted by Gasteiger charge is 2.30. The fourth-order valence-electron chi connectivity index (χ4n) is 2.49. The van der Waals surface area contributed by atoms with Gasteiger partial charge in [0, 0.05) is 12.6 Å². The van der Waals surface area contributed by atoms with Gasteiger partial charge in [0.2, 0.25) is 0 Å². The van der Waals surface area contributed by atoms with Crippen molar-refractivity contribution in [1.82, 2.24) is 0 Å². The van der Waals surface area contributed by atoms with Crippen molar-refractivity contribution in [1.29, 1.82) is 0 Å². The summed E-state index contributed by atoms with van der Waals surface area (Å²) in [7, 11) is 0. The minimum absolute atomic E-state index is 0.219. The third-order valence-electron chi connectivity index (χ3n) is 3.73. The van der Waals surface area contributed by atoms with Crippen LogP contribution in [-0.2, 0) is 9.47 Å². The summed E-state index contributed by atoms with van der Waals surface area (Å²) in [6.45, 7) is 8.91. The fourth-order valence-corrected chi connectivity index (χ4v) is 2.49. The molecule has 1 fully saturated rings. The van der Waals surface area contributed by atoms with Crippen molar-refractivity contribution in [3.05, 3.63) is 0 Å². The average Bonchev–Trinajstić information content (AvgIpc) is 2.30. The van der Waals surface area contributed by atoms with E-state index in [1.165, 1.54) is 6.42 Å². The average molecular weight is 243 g/mol. The van der Waals surface area contributed by atoms with E-state index in [1.54, 1.807) is 0 Å². The Morgan fingerprint density at radius 1 is 1.18 bits per heavy atom. The van der Waals surface area contributed by atoms with Crippen molar-refractivity contribution >= 4 is 0 Å². The Labute approximate surface area is 106 Å². The quantitative estimate of drug-likeness (QED) is 0.699. The molecule has 0 saturated heterocycles. The van der Waals surface area contributed by atoms with Crippen molar-refractivity contribution in [2.24, 2.45) is 17.6 Å². The molecule has 0 heterocycles. The first kappa shape index (κ1) is 14.9. The lowest BCUT2D eigenvalue weighted by Gasteiger charge is -2.35. The molecule has 3 atom stereocenters. The zero-order valence-corrected chi connectivity index (χ0v) is 11.7. The van der Waals surface area contributed by atoms with Crippen molar-refractivity contribution < 1.29 is 9.47 Å². The fraction of sp³-hybridized carbons (Fsp3) is 1.00. The third-order valence-corrected chi connectivity index (χ3v) is 3.73. The van der Waals surface area contributed by atoms with Gasteiger partial charge in [0.1, 0.15) is 0 Å². The summed E-state index contributed by atoms with van der Waals surface area (Å²) in [6, 6.07) is 0.219. The molecule has 3 nitrogen and oxygen atoms in total. The van der Waals surface area contributed by atoms with Gasteiger partial charge >= 0.3 is 0 Å². The summed E-state index contributed by atoms with van der Waals surface area (Å²) in [4.78, 5) is 0. The second kappa shape index (κ2) is 8.06. The summed E-state index contributed by atoms with van der Waals surface area (Å²) in [6.07, 6.45) is 4.78. The van der Waals surface area contributed by atoms with Gasteiger partial charge in [-0.15, -0.1) is 0 Å². The molecule has 0 aromatic rings. The Morgan fingerprint density at radius 3 is 2.59 bits per heavy atom. The molecular weight excluding hydrogens is 214 g/mol. The van der Waals surface area contributed by atoms with Crippen molar-refractivity contribution in [2.45, 2.75) is 58.6 Å². The van der Waals surface area contributed by atoms with E-state index in [-0.39, 0.29) is 12.1 Å². The topological polar surface area (TPSA) is 44.5 Å². The molecule has 1 rings (SSSR count). The normalized spacial score (nSPS) is 29.8. The van der Waals surface area contributed by atoms with Crippen LogP contribution in [0, 0.1) is 11.8 Å². The Morgan fingerprint density at radius 2 is 1.94 bits per heavy atom. The van der Waals surface area contributed by atoms with Crippen LogP contribution in [0.25, 0.3) is 0 Å². The molecule has 0 aromatic carbocycles. The van der Waals surface area contributed by atoms with Crippen molar-refractivity contribution in [3.8, 4) is 0 Å². The second-order valence-electron chi connectivity index (χ2n) is 5.50. The van der Waals surface area contributed by atoms with Gasteiger partial charge in [-0.2, -0.15) is 0 Å². The smallest absolute Gasteiger partial charge is 0.0729 e. The Balaban J connectivity index is 2.20. The SMILES string of the molecule is CCCOCCOC1CC(C(C)C)CCC1N. The highest BCUT2D eigenvalue weighted by molar-refractivity contribution is 4.84. The molecular formula is C14H29NO2. The summed E-state index contributed by atoms with van der Waals surface area (Å²) in [5, 5.41) is 0. The maximum absolute atomic E-state index is 6.12. The lowest BCUT2D eigenvalue weighted by atomic mass is 9.78. The van der Waals surface area contributed by atoms with E-state index >= 15 is 0 Å². The first-order chi connectivity index (χ1) is 8.15. The van der Waals surface area contributed by atoms with Crippen LogP contribution in [0.5, 0.6) is 0 Å². The highest BCUT2D eigenvalue weighted by atomic mass is 16.5. The molecule has 17 heavy (non-hydrogen) atoms. The molecule has 1 aliphatic rings. The van der Waals surface area contributed by atoms with E-state index in [0.717, 1.165) is 37.7 Å². The first-order valence-electron chi connectivity index (χ1n) is 7.10. The zero-order chi connectivity index (χ0) is 12.7. The van der Waals surface area contributed by atoms with Crippen LogP contribution in [0.2, 0.25) is 0 Å². The standard InChI is InChI=1S/C14H29NO2/c1-4-7-16-8-9-17-14-10-12(11(2)3)5-6-13(14)15/h11-14H,4-10,15H2,1-3H3. The lowest BCUT2D eigenvalue weighted by molar-refractivity contribution is -0.0335. The molecule has 2 N–H and O–H groups in total. The Hall–Kier alpha value is -0.120. The van der Waals surface area contributed by atoms with Crippen LogP contribution in [-0.4, -0.2) is 32.0 Å². The number of nitrogens with two attached hydrogens (primary N) is 1. The van der Waals surface area contributed by atoms with Crippen LogP contribution >= 0.6 is 0 Å². The van der Waals surface area contributed by atoms with Crippen LogP contribution in [0.1, 0.15) is 46.5 Å². The predicted octanol–water partition coefficient (Wildman–Crippen LogP) is 2.58. The van der Waals surface area contributed by atoms with E-state index < -0.39 is 0 Å². The monoisotopic (exact) mass is 243 g/mol. The molecule has 1 aliphatic carbocycles. The largest absolute Gasteiger partial charge is 0.379 e. The summed E-state index contributed by atoms with van der Waals surface area (Å²) in [5.41, 5.74) is 6.12. The van der Waals surface area contributed by atoms with E-state index in [9.17, 15) is 0 Å². The van der Waals surface area contributed by atoms with Crippen LogP contribution in [0.15, 0.2) is 0 Å². The van der Waals surface area contributed by atoms with E-state index in [2.05, 4.69) is 20.8 Å². The molecule has 0 radical (unpaired) electrons. The molecule has 0 bridgehead atoms. The molecule has 0 aromatic heterocycles. The predicted molar refractivity (Wildman–Crippen MR) is 71.0 cm³/mol. The maximum Gasteiger partial charge on any atom is 0.0729 e. The van der Waals surface area contributed by atoms with E-state index in [1.807, 2.05) is 0 Å². The van der Waals surface area contributed by atoms with E-state index in [0.29, 0.717) is 13.2 Å². The number of rotatable bonds is 7. The summed E-state index contributed by atoms with van der Waals surface area (Å²) in [5.74, 6) is 1.52. The van der Waals surface area contributed by atoms with Gasteiger partial charge in [0.05, 0.1) is 19.3 Å². The second-order valence-corrected chi connectivity index (χ2v) is 5.50. The highest BCUT2D eigenvalue weighted by Crippen LogP contribution is 2.30. The third kappa shape index (κ3) is 5.36. The van der Waals surface area contributed by atoms with Gasteiger partial charge in [-0.1, -0.05) is 20.8 Å². The minimum atomic E-state index is 0.219. The molecule has 102 valence electrons. The summed E-state index contributed by atoms with van der Waals surface area (Å²) < 4.78 is 11.3. The molecule has 1 saturated carbocycles. The first-order valence-corrected chi connectivity index (χ1v) is 7.10. The van der Waals surface area contributed by atoms with E-state index in [4.69, 9.17) is 15.2 Å². The number of hydrogen-bond donors (Lipinski definition) is 1. The van der Waals surface area contributed by atoms with Crippen molar-refractivity contribution in [2.75, 3.05) is 19.8 Å². The molecule has 3 heteroatoms. The molecule has 0 spiro atoms. The number of hydrogen-bond acceptors (Lipinski definition) is 3. The van der Waals surface area contributed by atoms with Gasteiger partial charge < -0.3 is 15.2 Å². The molecule has 0 amide bonds. The lowest BCUT2D eigenvalue weighted by Crippen LogP contribution is -2.43. The van der Waals surface area contributed by atoms with Gasteiger partial charge in [-0.3, -0.25) is 0 Å². The van der Waals surface area contributed by atoms with Gasteiger partial charge in [-0.05, 0) is 37.5 Å². The van der Waals surface area contributed by atoms with Crippen molar-refractivity contribution in [3.63, 3.8) is 0 Å². The van der Waals surface area contributed by atoms with Gasteiger partial charge in [0.25, 0.3) is 0 Å². The number of ether oxygens (including phenoxy) is 2. The zero-order valence-electron chi connectivity index (χ0n) is 11.7. The van der Waals surface area contributed by atoms with Crippen LogP contribution < -0.4 is 5.73 Å². The minimum Gasteiger partial charge on any atom is -0.379 e. The van der Waals surface area contributed by atoms with Gasteiger partial charge in [-0.25, -0.2) is 0 Å². The van der Waals surface area contributed by atoms with Gasteiger partial charge in [0.15, 0.2) is 0 Å². The maximum atomic E-state index is 6.12. The van der Waals surface area contributed by atoms with Crippen LogP contribution in [0.4, 0.5) is 0 Å². The molecule has 0 aliphatic heterocycles. The Bertz CT molecular complexity index is 197. The Kier molecular flexibility index (Phi) is 7.09.